The molecule has 0 saturated carbocycles. The molecule has 3 aromatic rings. The number of thioether (sulfide) groups is 1. The van der Waals surface area contributed by atoms with Crippen LogP contribution in [0.3, 0.4) is 0 Å². The maximum Gasteiger partial charge on any atom is 0.270 e. The highest BCUT2D eigenvalue weighted by atomic mass is 32.2. The van der Waals surface area contributed by atoms with E-state index in [4.69, 9.17) is 0 Å². The Bertz CT molecular complexity index is 1070. The molecule has 8 nitrogen and oxygen atoms in total. The Morgan fingerprint density at radius 2 is 1.71 bits per heavy atom. The summed E-state index contributed by atoms with van der Waals surface area (Å²) in [6.45, 7) is 3.51. The van der Waals surface area contributed by atoms with Crippen LogP contribution in [-0.4, -0.2) is 52.6 Å². The predicted octanol–water partition coefficient (Wildman–Crippen LogP) is 3.69. The van der Waals surface area contributed by atoms with Crippen LogP contribution >= 0.6 is 11.8 Å². The molecule has 158 valence electrons. The number of carbonyl (C=O) groups is 1. The average molecular weight is 436 g/mol. The van der Waals surface area contributed by atoms with E-state index in [1.165, 1.54) is 42.0 Å². The number of aromatic nitrogens is 2. The lowest BCUT2D eigenvalue weighted by Crippen LogP contribution is -2.46. The highest BCUT2D eigenvalue weighted by Crippen LogP contribution is 2.24. The summed E-state index contributed by atoms with van der Waals surface area (Å²) in [4.78, 5) is 36.1. The number of nitro benzene ring substituents is 1. The standard InChI is InChI=1S/C22H21N5O3S/c28-20(17-5-4-8-19(13-17)27(29)30)15-31-22-14-21(23-16-24-22)26-11-9-25(10-12-26)18-6-2-1-3-7-18/h1-8,13-14,16H,9-12,15H2. The van der Waals surface area contributed by atoms with E-state index < -0.39 is 4.92 Å². The normalized spacial score (nSPS) is 13.8. The largest absolute Gasteiger partial charge is 0.368 e. The monoisotopic (exact) mass is 435 g/mol. The summed E-state index contributed by atoms with van der Waals surface area (Å²) in [5.74, 6) is 0.817. The van der Waals surface area contributed by atoms with Crippen molar-refractivity contribution in [3.8, 4) is 0 Å². The van der Waals surface area contributed by atoms with E-state index in [1.807, 2.05) is 24.3 Å². The molecule has 0 bridgehead atoms. The van der Waals surface area contributed by atoms with Crippen molar-refractivity contribution >= 4 is 34.7 Å². The molecule has 1 aromatic heterocycles. The zero-order chi connectivity index (χ0) is 21.6. The van der Waals surface area contributed by atoms with Gasteiger partial charge < -0.3 is 9.80 Å². The summed E-state index contributed by atoms with van der Waals surface area (Å²) >= 11 is 1.31. The maximum absolute atomic E-state index is 12.4. The van der Waals surface area contributed by atoms with E-state index in [0.29, 0.717) is 10.6 Å². The average Bonchev–Trinajstić information content (AvgIpc) is 2.83. The first kappa shape index (κ1) is 20.8. The summed E-state index contributed by atoms with van der Waals surface area (Å²) in [7, 11) is 0. The lowest BCUT2D eigenvalue weighted by atomic mass is 10.1. The molecule has 0 spiro atoms. The molecule has 1 aliphatic heterocycles. The Kier molecular flexibility index (Phi) is 6.42. The third kappa shape index (κ3) is 5.18. The lowest BCUT2D eigenvalue weighted by Gasteiger charge is -2.36. The number of nitro groups is 1. The lowest BCUT2D eigenvalue weighted by molar-refractivity contribution is -0.384. The Morgan fingerprint density at radius 1 is 0.968 bits per heavy atom. The first-order valence-electron chi connectivity index (χ1n) is 9.87. The molecule has 0 unspecified atom stereocenters. The minimum absolute atomic E-state index is 0.0881. The van der Waals surface area contributed by atoms with Gasteiger partial charge in [0.05, 0.1) is 10.7 Å². The first-order valence-corrected chi connectivity index (χ1v) is 10.9. The minimum Gasteiger partial charge on any atom is -0.368 e. The molecule has 4 rings (SSSR count). The number of Topliss-reactive ketones (excluding diaryl/α,β-unsaturated/α-hetero) is 1. The topological polar surface area (TPSA) is 92.5 Å². The fourth-order valence-electron chi connectivity index (χ4n) is 3.43. The molecule has 2 heterocycles. The molecule has 31 heavy (non-hydrogen) atoms. The maximum atomic E-state index is 12.4. The Hall–Kier alpha value is -3.46. The molecule has 0 radical (unpaired) electrons. The molecule has 2 aromatic carbocycles. The van der Waals surface area contributed by atoms with E-state index in [1.54, 1.807) is 6.07 Å². The fraction of sp³-hybridized carbons (Fsp3) is 0.227. The molecule has 9 heteroatoms. The van der Waals surface area contributed by atoms with Gasteiger partial charge in [-0.15, -0.1) is 0 Å². The molecular formula is C22H21N5O3S. The number of rotatable bonds is 7. The second-order valence-electron chi connectivity index (χ2n) is 7.04. The Labute approximate surface area is 184 Å². The number of hydrogen-bond acceptors (Lipinski definition) is 8. The molecule has 1 aliphatic rings. The van der Waals surface area contributed by atoms with Crippen LogP contribution in [0.25, 0.3) is 0 Å². The van der Waals surface area contributed by atoms with Crippen LogP contribution in [0.2, 0.25) is 0 Å². The number of benzene rings is 2. The van der Waals surface area contributed by atoms with Gasteiger partial charge in [0.2, 0.25) is 0 Å². The second-order valence-corrected chi connectivity index (χ2v) is 8.04. The van der Waals surface area contributed by atoms with Crippen LogP contribution in [-0.2, 0) is 0 Å². The van der Waals surface area contributed by atoms with Crippen molar-refractivity contribution in [2.45, 2.75) is 5.03 Å². The molecule has 0 aliphatic carbocycles. The van der Waals surface area contributed by atoms with Crippen molar-refractivity contribution in [3.05, 3.63) is 82.7 Å². The number of nitrogens with zero attached hydrogens (tertiary/aromatic N) is 5. The summed E-state index contributed by atoms with van der Waals surface area (Å²) in [5, 5.41) is 11.6. The van der Waals surface area contributed by atoms with Gasteiger partial charge in [-0.2, -0.15) is 0 Å². The van der Waals surface area contributed by atoms with Crippen molar-refractivity contribution in [3.63, 3.8) is 0 Å². The second kappa shape index (κ2) is 9.57. The fourth-order valence-corrected chi connectivity index (χ4v) is 4.19. The van der Waals surface area contributed by atoms with E-state index in [0.717, 1.165) is 32.0 Å². The van der Waals surface area contributed by atoms with E-state index in [-0.39, 0.29) is 17.2 Å². The van der Waals surface area contributed by atoms with Gasteiger partial charge in [-0.05, 0) is 12.1 Å². The van der Waals surface area contributed by atoms with Gasteiger partial charge >= 0.3 is 0 Å². The number of ketones is 1. The van der Waals surface area contributed by atoms with Crippen molar-refractivity contribution in [2.75, 3.05) is 41.7 Å². The van der Waals surface area contributed by atoms with Gasteiger partial charge in [0.1, 0.15) is 17.2 Å². The molecule has 0 atom stereocenters. The molecule has 0 amide bonds. The number of non-ortho nitro benzene ring substituents is 1. The van der Waals surface area contributed by atoms with Gasteiger partial charge in [0.25, 0.3) is 5.69 Å². The highest BCUT2D eigenvalue weighted by Gasteiger charge is 2.19. The van der Waals surface area contributed by atoms with Gasteiger partial charge in [-0.1, -0.05) is 42.1 Å². The zero-order valence-electron chi connectivity index (χ0n) is 16.8. The number of anilines is 2. The van der Waals surface area contributed by atoms with E-state index in [9.17, 15) is 14.9 Å². The zero-order valence-corrected chi connectivity index (χ0v) is 17.6. The quantitative estimate of drug-likeness (QED) is 0.182. The van der Waals surface area contributed by atoms with E-state index in [2.05, 4.69) is 31.9 Å². The molecule has 0 N–H and O–H groups in total. The number of para-hydroxylation sites is 1. The SMILES string of the molecule is O=C(CSc1cc(N2CCN(c3ccccc3)CC2)ncn1)c1cccc([N+](=O)[O-])c1. The van der Waals surface area contributed by atoms with Crippen LogP contribution in [0.1, 0.15) is 10.4 Å². The van der Waals surface area contributed by atoms with Crippen LogP contribution in [0, 0.1) is 10.1 Å². The van der Waals surface area contributed by atoms with E-state index >= 15 is 0 Å². The number of hydrogen-bond donors (Lipinski definition) is 0. The van der Waals surface area contributed by atoms with Gasteiger partial charge in [-0.25, -0.2) is 9.97 Å². The van der Waals surface area contributed by atoms with Crippen LogP contribution in [0.15, 0.2) is 72.0 Å². The third-order valence-corrected chi connectivity index (χ3v) is 6.01. The van der Waals surface area contributed by atoms with Crippen molar-refractivity contribution in [1.29, 1.82) is 0 Å². The smallest absolute Gasteiger partial charge is 0.270 e. The Morgan fingerprint density at radius 3 is 2.45 bits per heavy atom. The molecule has 1 fully saturated rings. The molecular weight excluding hydrogens is 414 g/mol. The van der Waals surface area contributed by atoms with Gasteiger partial charge in [-0.3, -0.25) is 14.9 Å². The minimum atomic E-state index is -0.502. The summed E-state index contributed by atoms with van der Waals surface area (Å²) in [5.41, 5.74) is 1.46. The van der Waals surface area contributed by atoms with Gasteiger partial charge in [0.15, 0.2) is 5.78 Å². The first-order chi connectivity index (χ1) is 15.1. The van der Waals surface area contributed by atoms with Crippen molar-refractivity contribution in [2.24, 2.45) is 0 Å². The summed E-state index contributed by atoms with van der Waals surface area (Å²) in [6.07, 6.45) is 1.51. The summed E-state index contributed by atoms with van der Waals surface area (Å²) in [6, 6.07) is 18.0. The van der Waals surface area contributed by atoms with Crippen LogP contribution in [0.4, 0.5) is 17.2 Å². The number of carbonyl (C=O) groups excluding carboxylic acids is 1. The highest BCUT2D eigenvalue weighted by molar-refractivity contribution is 7.99. The van der Waals surface area contributed by atoms with Crippen molar-refractivity contribution in [1.82, 2.24) is 9.97 Å². The third-order valence-electron chi connectivity index (χ3n) is 5.08. The molecule has 1 saturated heterocycles. The Balaban J connectivity index is 1.35. The van der Waals surface area contributed by atoms with Gasteiger partial charge in [0, 0.05) is 55.6 Å². The van der Waals surface area contributed by atoms with Crippen LogP contribution in [0.5, 0.6) is 0 Å². The van der Waals surface area contributed by atoms with Crippen molar-refractivity contribution < 1.29 is 9.72 Å². The van der Waals surface area contributed by atoms with Crippen LogP contribution < -0.4 is 9.80 Å². The number of piperazine rings is 1. The predicted molar refractivity (Wildman–Crippen MR) is 121 cm³/mol. The summed E-state index contributed by atoms with van der Waals surface area (Å²) < 4.78 is 0.